The molecule has 0 radical (unpaired) electrons. The molecule has 2 fully saturated rings. The van der Waals surface area contributed by atoms with Crippen LogP contribution in [0.2, 0.25) is 0 Å². The van der Waals surface area contributed by atoms with E-state index in [2.05, 4.69) is 20.8 Å². The van der Waals surface area contributed by atoms with Crippen molar-refractivity contribution in [2.45, 2.75) is 40.0 Å². The second-order valence-corrected chi connectivity index (χ2v) is 4.85. The van der Waals surface area contributed by atoms with E-state index < -0.39 is 0 Å². The highest BCUT2D eigenvalue weighted by atomic mass is 14.5. The number of hydrogen-bond donors (Lipinski definition) is 0. The minimum Gasteiger partial charge on any atom is -0.0625 e. The lowest BCUT2D eigenvalue weighted by molar-refractivity contribution is 0.217. The third kappa shape index (κ3) is 1.11. The zero-order valence-electron chi connectivity index (χ0n) is 8.88. The molecule has 0 N–H and O–H groups in total. The lowest BCUT2D eigenvalue weighted by Crippen LogP contribution is -2.19. The van der Waals surface area contributed by atoms with Gasteiger partial charge < -0.3 is 0 Å². The van der Waals surface area contributed by atoms with Crippen molar-refractivity contribution < 1.29 is 1.37 Å². The van der Waals surface area contributed by atoms with Crippen molar-refractivity contribution in [2.75, 3.05) is 0 Å². The topological polar surface area (TPSA) is 0 Å². The normalized spacial score (nSPS) is 57.1. The minimum atomic E-state index is 0.260. The maximum Gasteiger partial charge on any atom is 0.0272 e. The van der Waals surface area contributed by atoms with Gasteiger partial charge in [-0.1, -0.05) is 20.8 Å². The van der Waals surface area contributed by atoms with Crippen LogP contribution in [-0.4, -0.2) is 0 Å². The molecule has 64 valence electrons. The van der Waals surface area contributed by atoms with Gasteiger partial charge in [0.25, 0.3) is 0 Å². The Morgan fingerprint density at radius 2 is 2.00 bits per heavy atom. The fourth-order valence-electron chi connectivity index (χ4n) is 3.11. The van der Waals surface area contributed by atoms with Gasteiger partial charge in [-0.05, 0) is 48.8 Å². The van der Waals surface area contributed by atoms with Crippen LogP contribution in [0, 0.1) is 29.6 Å². The molecule has 11 heavy (non-hydrogen) atoms. The average Bonchev–Trinajstić information content (AvgIpc) is 2.53. The van der Waals surface area contributed by atoms with Crippen molar-refractivity contribution in [3.8, 4) is 0 Å². The summed E-state index contributed by atoms with van der Waals surface area (Å²) in [5, 5.41) is 0. The Bertz CT molecular complexity index is 174. The predicted molar refractivity (Wildman–Crippen MR) is 48.3 cm³/mol. The smallest absolute Gasteiger partial charge is 0.0272 e. The van der Waals surface area contributed by atoms with E-state index in [4.69, 9.17) is 1.37 Å². The Morgan fingerprint density at radius 1 is 1.27 bits per heavy atom. The molecule has 0 aromatic heterocycles. The van der Waals surface area contributed by atoms with E-state index in [0.29, 0.717) is 5.92 Å². The van der Waals surface area contributed by atoms with Crippen molar-refractivity contribution in [3.63, 3.8) is 0 Å². The second kappa shape index (κ2) is 2.50. The molecule has 0 aromatic carbocycles. The molecular formula is C11H20. The van der Waals surface area contributed by atoms with Crippen LogP contribution in [0.15, 0.2) is 0 Å². The molecule has 0 heterocycles. The van der Waals surface area contributed by atoms with Crippen LogP contribution < -0.4 is 0 Å². The highest BCUT2D eigenvalue weighted by molar-refractivity contribution is 4.94. The summed E-state index contributed by atoms with van der Waals surface area (Å²) in [6, 6.07) is 0. The number of rotatable bonds is 1. The summed E-state index contributed by atoms with van der Waals surface area (Å²) in [4.78, 5) is 0. The predicted octanol–water partition coefficient (Wildman–Crippen LogP) is 3.32. The fourth-order valence-corrected chi connectivity index (χ4v) is 3.11. The Balaban J connectivity index is 2.10. The van der Waals surface area contributed by atoms with E-state index in [-0.39, 0.29) is 6.40 Å². The molecule has 0 heteroatoms. The first-order valence-corrected chi connectivity index (χ1v) is 5.03. The van der Waals surface area contributed by atoms with Gasteiger partial charge in [-0.2, -0.15) is 0 Å². The molecule has 0 aliphatic heterocycles. The highest BCUT2D eigenvalue weighted by Crippen LogP contribution is 2.53. The van der Waals surface area contributed by atoms with Crippen molar-refractivity contribution in [1.29, 1.82) is 0 Å². The van der Waals surface area contributed by atoms with Crippen LogP contribution in [0.4, 0.5) is 0 Å². The average molecular weight is 153 g/mol. The van der Waals surface area contributed by atoms with E-state index in [0.717, 1.165) is 23.7 Å². The number of fused-ring (bicyclic) bond motifs is 2. The summed E-state index contributed by atoms with van der Waals surface area (Å²) in [6.45, 7) is 6.92. The van der Waals surface area contributed by atoms with Gasteiger partial charge in [0.1, 0.15) is 0 Å². The molecule has 0 spiro atoms. The first-order chi connectivity index (χ1) is 5.61. The molecule has 5 unspecified atom stereocenters. The zero-order chi connectivity index (χ0) is 8.88. The van der Waals surface area contributed by atoms with Crippen molar-refractivity contribution in [2.24, 2.45) is 29.6 Å². The van der Waals surface area contributed by atoms with Crippen LogP contribution >= 0.6 is 0 Å². The van der Waals surface area contributed by atoms with Crippen LogP contribution in [0.5, 0.6) is 0 Å². The molecule has 0 nitrogen and oxygen atoms in total. The van der Waals surface area contributed by atoms with Crippen LogP contribution in [-0.2, 0) is 0 Å². The third-order valence-corrected chi connectivity index (χ3v) is 3.85. The van der Waals surface area contributed by atoms with Gasteiger partial charge >= 0.3 is 0 Å². The molecule has 2 saturated carbocycles. The zero-order valence-corrected chi connectivity index (χ0v) is 7.88. The summed E-state index contributed by atoms with van der Waals surface area (Å²) >= 11 is 0. The van der Waals surface area contributed by atoms with E-state index >= 15 is 0 Å². The Labute approximate surface area is 71.8 Å². The fraction of sp³-hybridized carbons (Fsp3) is 1.00. The Morgan fingerprint density at radius 3 is 2.45 bits per heavy atom. The molecule has 0 amide bonds. The van der Waals surface area contributed by atoms with Crippen molar-refractivity contribution >= 4 is 0 Å². The highest BCUT2D eigenvalue weighted by Gasteiger charge is 2.44. The molecule has 2 rings (SSSR count). The maximum atomic E-state index is 8.05. The SMILES string of the molecule is [2H]C1C(C)C2CC(C(C)C)C1C2. The quantitative estimate of drug-likeness (QED) is 0.542. The summed E-state index contributed by atoms with van der Waals surface area (Å²) in [7, 11) is 0. The van der Waals surface area contributed by atoms with Crippen LogP contribution in [0.25, 0.3) is 0 Å². The molecule has 2 aliphatic rings. The van der Waals surface area contributed by atoms with Gasteiger partial charge in [0.2, 0.25) is 0 Å². The van der Waals surface area contributed by atoms with Crippen LogP contribution in [0.3, 0.4) is 0 Å². The third-order valence-electron chi connectivity index (χ3n) is 3.85. The van der Waals surface area contributed by atoms with Crippen LogP contribution in [0.1, 0.15) is 41.4 Å². The summed E-state index contributed by atoms with van der Waals surface area (Å²) < 4.78 is 8.05. The molecule has 5 atom stereocenters. The second-order valence-electron chi connectivity index (χ2n) is 4.85. The molecule has 0 saturated heterocycles. The van der Waals surface area contributed by atoms with Gasteiger partial charge in [-0.3, -0.25) is 0 Å². The lowest BCUT2D eigenvalue weighted by atomic mass is 9.77. The van der Waals surface area contributed by atoms with Crippen molar-refractivity contribution in [3.05, 3.63) is 0 Å². The summed E-state index contributed by atoms with van der Waals surface area (Å²) in [5.74, 6) is 3.99. The van der Waals surface area contributed by atoms with Gasteiger partial charge in [-0.15, -0.1) is 0 Å². The van der Waals surface area contributed by atoms with E-state index in [9.17, 15) is 0 Å². The first-order valence-electron chi connectivity index (χ1n) is 5.61. The Hall–Kier alpha value is 0. The summed E-state index contributed by atoms with van der Waals surface area (Å²) in [5.41, 5.74) is 0. The lowest BCUT2D eigenvalue weighted by Gasteiger charge is -2.28. The first kappa shape index (κ1) is 6.51. The van der Waals surface area contributed by atoms with E-state index in [1.807, 2.05) is 0 Å². The largest absolute Gasteiger partial charge is 0.0625 e. The van der Waals surface area contributed by atoms with Crippen molar-refractivity contribution in [1.82, 2.24) is 0 Å². The molecular weight excluding hydrogens is 132 g/mol. The van der Waals surface area contributed by atoms with Gasteiger partial charge in [0.05, 0.1) is 0 Å². The minimum absolute atomic E-state index is 0.260. The van der Waals surface area contributed by atoms with Gasteiger partial charge in [-0.25, -0.2) is 0 Å². The molecule has 2 bridgehead atoms. The van der Waals surface area contributed by atoms with Gasteiger partial charge in [0, 0.05) is 1.37 Å². The molecule has 2 aliphatic carbocycles. The summed E-state index contributed by atoms with van der Waals surface area (Å²) in [6.07, 6.45) is 3.04. The van der Waals surface area contributed by atoms with Gasteiger partial charge in [0.15, 0.2) is 0 Å². The Kier molecular flexibility index (Phi) is 1.48. The number of hydrogen-bond acceptors (Lipinski definition) is 0. The van der Waals surface area contributed by atoms with E-state index in [1.165, 1.54) is 12.8 Å². The molecule has 0 aromatic rings. The monoisotopic (exact) mass is 153 g/mol. The maximum absolute atomic E-state index is 8.05. The standard InChI is InChI=1S/C11H20/c1-7(2)11-6-9-5-10(11)4-8(9)3/h7-11H,4-6H2,1-3H3/i4D. The van der Waals surface area contributed by atoms with E-state index in [1.54, 1.807) is 0 Å².